The number of para-hydroxylation sites is 1. The molecule has 1 unspecified atom stereocenters. The maximum Gasteiger partial charge on any atom is 0.573 e. The van der Waals surface area contributed by atoms with Crippen molar-refractivity contribution in [2.45, 2.75) is 49.2 Å². The standard InChI is InChI=1S/C30H28F8N2O2/c31-28(32)12-5-13-39(19-28)22-8-4-7-21(15-22)27(16-20-6-3-9-23(14-20)42-30(36,37)38)18-40(17-26(41)29(33,34)35)25-11-2-1-10-24(25)27/h1-4,6-11,14-15,26,41H,5,12-13,16-19H2/t26-,27?/m1/s1. The van der Waals surface area contributed by atoms with Gasteiger partial charge in [0.05, 0.1) is 13.1 Å². The fourth-order valence-electron chi connectivity index (χ4n) is 6.01. The zero-order valence-electron chi connectivity index (χ0n) is 22.2. The summed E-state index contributed by atoms with van der Waals surface area (Å²) in [5, 5.41) is 9.94. The number of rotatable bonds is 7. The van der Waals surface area contributed by atoms with Crippen molar-refractivity contribution >= 4 is 11.4 Å². The Bertz CT molecular complexity index is 1410. The Kier molecular flexibility index (Phi) is 7.80. The van der Waals surface area contributed by atoms with Gasteiger partial charge in [-0.1, -0.05) is 42.5 Å². The molecular formula is C30H28F8N2O2. The average molecular weight is 601 g/mol. The van der Waals surface area contributed by atoms with Crippen molar-refractivity contribution < 1.29 is 45.0 Å². The molecule has 0 bridgehead atoms. The second kappa shape index (κ2) is 10.9. The lowest BCUT2D eigenvalue weighted by molar-refractivity contribution is -0.274. The van der Waals surface area contributed by atoms with Crippen LogP contribution in [0.5, 0.6) is 5.75 Å². The van der Waals surface area contributed by atoms with Crippen molar-refractivity contribution in [1.29, 1.82) is 0 Å². The van der Waals surface area contributed by atoms with Crippen molar-refractivity contribution in [2.24, 2.45) is 0 Å². The van der Waals surface area contributed by atoms with E-state index in [1.807, 2.05) is 0 Å². The smallest absolute Gasteiger partial charge is 0.406 e. The average Bonchev–Trinajstić information content (AvgIpc) is 3.21. The molecule has 12 heteroatoms. The minimum atomic E-state index is -4.92. The van der Waals surface area contributed by atoms with Crippen LogP contribution < -0.4 is 14.5 Å². The number of aliphatic hydroxyl groups is 1. The predicted molar refractivity (Wildman–Crippen MR) is 141 cm³/mol. The molecular weight excluding hydrogens is 572 g/mol. The summed E-state index contributed by atoms with van der Waals surface area (Å²) < 4.78 is 112. The molecule has 0 aliphatic carbocycles. The second-order valence-corrected chi connectivity index (χ2v) is 10.8. The number of nitrogens with zero attached hydrogens (tertiary/aromatic N) is 2. The molecule has 0 spiro atoms. The highest BCUT2D eigenvalue weighted by Gasteiger charge is 2.47. The first-order valence-electron chi connectivity index (χ1n) is 13.3. The third kappa shape index (κ3) is 6.43. The van der Waals surface area contributed by atoms with Crippen LogP contribution in [0.4, 0.5) is 46.5 Å². The molecule has 2 heterocycles. The van der Waals surface area contributed by atoms with Crippen LogP contribution in [0.2, 0.25) is 0 Å². The summed E-state index contributed by atoms with van der Waals surface area (Å²) in [5.41, 5.74) is 1.44. The third-order valence-corrected chi connectivity index (χ3v) is 7.79. The van der Waals surface area contributed by atoms with E-state index in [2.05, 4.69) is 4.74 Å². The van der Waals surface area contributed by atoms with Gasteiger partial charge in [-0.3, -0.25) is 0 Å². The summed E-state index contributed by atoms with van der Waals surface area (Å²) >= 11 is 0. The normalized spacial score (nSPS) is 21.3. The quantitative estimate of drug-likeness (QED) is 0.294. The van der Waals surface area contributed by atoms with Gasteiger partial charge in [-0.25, -0.2) is 8.78 Å². The van der Waals surface area contributed by atoms with Crippen molar-refractivity contribution in [2.75, 3.05) is 36.0 Å². The maximum absolute atomic E-state index is 14.3. The van der Waals surface area contributed by atoms with Gasteiger partial charge in [-0.15, -0.1) is 13.2 Å². The lowest BCUT2D eigenvalue weighted by Gasteiger charge is -2.36. The van der Waals surface area contributed by atoms with Crippen molar-refractivity contribution in [3.8, 4) is 5.75 Å². The predicted octanol–water partition coefficient (Wildman–Crippen LogP) is 7.09. The number of halogens is 8. The number of hydrogen-bond donors (Lipinski definition) is 1. The SMILES string of the molecule is O[C@H](CN1CC(Cc2cccc(OC(F)(F)F)c2)(c2cccc(N3CCCC(F)(F)C3)c2)c2ccccc21)C(F)(F)F. The summed E-state index contributed by atoms with van der Waals surface area (Å²) in [5.74, 6) is -3.33. The molecule has 2 aliphatic heterocycles. The van der Waals surface area contributed by atoms with Crippen LogP contribution in [0.3, 0.4) is 0 Å². The molecule has 4 nitrogen and oxygen atoms in total. The van der Waals surface area contributed by atoms with Gasteiger partial charge in [0.25, 0.3) is 5.92 Å². The second-order valence-electron chi connectivity index (χ2n) is 10.8. The summed E-state index contributed by atoms with van der Waals surface area (Å²) in [7, 11) is 0. The first-order chi connectivity index (χ1) is 19.7. The zero-order valence-corrected chi connectivity index (χ0v) is 22.2. The van der Waals surface area contributed by atoms with Crippen molar-refractivity contribution in [3.63, 3.8) is 0 Å². The Hall–Kier alpha value is -3.54. The Morgan fingerprint density at radius 2 is 1.62 bits per heavy atom. The monoisotopic (exact) mass is 600 g/mol. The number of ether oxygens (including phenoxy) is 1. The molecule has 0 aromatic heterocycles. The van der Waals surface area contributed by atoms with Crippen LogP contribution in [-0.4, -0.2) is 55.9 Å². The molecule has 0 amide bonds. The summed E-state index contributed by atoms with van der Waals surface area (Å²) in [4.78, 5) is 2.97. The number of aliphatic hydroxyl groups excluding tert-OH is 1. The van der Waals surface area contributed by atoms with Gasteiger partial charge in [0.1, 0.15) is 5.75 Å². The van der Waals surface area contributed by atoms with Gasteiger partial charge in [0.15, 0.2) is 6.10 Å². The molecule has 42 heavy (non-hydrogen) atoms. The number of alkyl halides is 8. The number of piperidine rings is 1. The van der Waals surface area contributed by atoms with E-state index < -0.39 is 48.8 Å². The van der Waals surface area contributed by atoms with Crippen LogP contribution >= 0.6 is 0 Å². The fourth-order valence-corrected chi connectivity index (χ4v) is 6.01. The van der Waals surface area contributed by atoms with E-state index >= 15 is 0 Å². The topological polar surface area (TPSA) is 35.9 Å². The highest BCUT2D eigenvalue weighted by atomic mass is 19.4. The van der Waals surface area contributed by atoms with Crippen LogP contribution in [0, 0.1) is 0 Å². The molecule has 0 saturated carbocycles. The van der Waals surface area contributed by atoms with Gasteiger partial charge in [-0.2, -0.15) is 13.2 Å². The van der Waals surface area contributed by atoms with Gasteiger partial charge >= 0.3 is 12.5 Å². The minimum Gasteiger partial charge on any atom is -0.406 e. The van der Waals surface area contributed by atoms with Crippen molar-refractivity contribution in [1.82, 2.24) is 0 Å². The molecule has 226 valence electrons. The first kappa shape index (κ1) is 29.9. The molecule has 5 rings (SSSR count). The van der Waals surface area contributed by atoms with Crippen LogP contribution in [0.1, 0.15) is 29.5 Å². The zero-order chi connectivity index (χ0) is 30.3. The Labute approximate surface area is 237 Å². The summed E-state index contributed by atoms with van der Waals surface area (Å²) in [6.45, 7) is -0.912. The molecule has 2 aliphatic rings. The van der Waals surface area contributed by atoms with E-state index in [-0.39, 0.29) is 25.8 Å². The van der Waals surface area contributed by atoms with Crippen LogP contribution in [0.15, 0.2) is 72.8 Å². The Morgan fingerprint density at radius 1 is 0.881 bits per heavy atom. The maximum atomic E-state index is 14.3. The lowest BCUT2D eigenvalue weighted by Crippen LogP contribution is -2.44. The van der Waals surface area contributed by atoms with Crippen molar-refractivity contribution in [3.05, 3.63) is 89.5 Å². The Morgan fingerprint density at radius 3 is 2.33 bits per heavy atom. The molecule has 3 aromatic rings. The number of β-amino-alcohol motifs (C(OH)–C–C–N with tert-alkyl or cyclic N) is 1. The van der Waals surface area contributed by atoms with E-state index in [1.165, 1.54) is 17.0 Å². The number of hydrogen-bond acceptors (Lipinski definition) is 4. The molecule has 0 radical (unpaired) electrons. The van der Waals surface area contributed by atoms with Gasteiger partial charge in [-0.05, 0) is 59.9 Å². The molecule has 1 N–H and O–H groups in total. The minimum absolute atomic E-state index is 0.0521. The first-order valence-corrected chi connectivity index (χ1v) is 13.3. The third-order valence-electron chi connectivity index (χ3n) is 7.79. The molecule has 1 saturated heterocycles. The van der Waals surface area contributed by atoms with Gasteiger partial charge in [0.2, 0.25) is 0 Å². The van der Waals surface area contributed by atoms with Gasteiger partial charge < -0.3 is 19.6 Å². The van der Waals surface area contributed by atoms with E-state index in [9.17, 15) is 40.2 Å². The molecule has 2 atom stereocenters. The van der Waals surface area contributed by atoms with E-state index in [0.29, 0.717) is 34.6 Å². The number of anilines is 2. The highest BCUT2D eigenvalue weighted by Crippen LogP contribution is 2.48. The molecule has 3 aromatic carbocycles. The highest BCUT2D eigenvalue weighted by molar-refractivity contribution is 5.68. The summed E-state index contributed by atoms with van der Waals surface area (Å²) in [6.07, 6.45) is -12.3. The van der Waals surface area contributed by atoms with E-state index in [4.69, 9.17) is 0 Å². The van der Waals surface area contributed by atoms with E-state index in [0.717, 1.165) is 6.07 Å². The Balaban J connectivity index is 1.60. The summed E-state index contributed by atoms with van der Waals surface area (Å²) in [6, 6.07) is 18.9. The van der Waals surface area contributed by atoms with Crippen LogP contribution in [-0.2, 0) is 11.8 Å². The fraction of sp³-hybridized carbons (Fsp3) is 0.400. The number of benzene rings is 3. The number of fused-ring (bicyclic) bond motifs is 1. The van der Waals surface area contributed by atoms with Crippen LogP contribution in [0.25, 0.3) is 0 Å². The molecule has 1 fully saturated rings. The van der Waals surface area contributed by atoms with Gasteiger partial charge in [0, 0.05) is 36.3 Å². The largest absolute Gasteiger partial charge is 0.573 e. The lowest BCUT2D eigenvalue weighted by atomic mass is 9.71. The van der Waals surface area contributed by atoms with E-state index in [1.54, 1.807) is 59.5 Å².